The van der Waals surface area contributed by atoms with Crippen molar-refractivity contribution in [3.8, 4) is 5.75 Å². The van der Waals surface area contributed by atoms with Gasteiger partial charge in [0.25, 0.3) is 5.91 Å². The second-order valence-electron chi connectivity index (χ2n) is 6.83. The maximum Gasteiger partial charge on any atom is 0.292 e. The SMILES string of the molecule is COc1ccc(Cn2nccc2NC(=O)c2oc3cc(C)c(Cl)cc3c2C)cc1. The third-order valence-electron chi connectivity index (χ3n) is 4.87. The zero-order valence-corrected chi connectivity index (χ0v) is 17.1. The molecule has 0 unspecified atom stereocenters. The summed E-state index contributed by atoms with van der Waals surface area (Å²) in [4.78, 5) is 12.9. The van der Waals surface area contributed by atoms with E-state index in [9.17, 15) is 4.79 Å². The summed E-state index contributed by atoms with van der Waals surface area (Å²) in [5.74, 6) is 1.31. The Labute approximate surface area is 173 Å². The van der Waals surface area contributed by atoms with E-state index < -0.39 is 0 Å². The van der Waals surface area contributed by atoms with Crippen molar-refractivity contribution in [1.29, 1.82) is 0 Å². The van der Waals surface area contributed by atoms with Crippen LogP contribution in [0.1, 0.15) is 27.2 Å². The number of furan rings is 1. The minimum Gasteiger partial charge on any atom is -0.497 e. The van der Waals surface area contributed by atoms with Crippen LogP contribution in [0.4, 0.5) is 5.82 Å². The molecule has 0 spiro atoms. The molecule has 2 aromatic carbocycles. The Hall–Kier alpha value is -3.25. The molecule has 0 aliphatic carbocycles. The summed E-state index contributed by atoms with van der Waals surface area (Å²) in [7, 11) is 1.63. The van der Waals surface area contributed by atoms with Crippen molar-refractivity contribution in [2.45, 2.75) is 20.4 Å². The molecule has 0 saturated heterocycles. The fraction of sp³-hybridized carbons (Fsp3) is 0.182. The fourth-order valence-corrected chi connectivity index (χ4v) is 3.36. The van der Waals surface area contributed by atoms with Crippen LogP contribution in [0.15, 0.2) is 53.1 Å². The monoisotopic (exact) mass is 409 g/mol. The van der Waals surface area contributed by atoms with E-state index in [-0.39, 0.29) is 11.7 Å². The van der Waals surface area contributed by atoms with Gasteiger partial charge in [0.15, 0.2) is 5.76 Å². The molecule has 0 fully saturated rings. The summed E-state index contributed by atoms with van der Waals surface area (Å²) in [5.41, 5.74) is 3.33. The molecule has 2 aromatic heterocycles. The molecule has 0 atom stereocenters. The number of fused-ring (bicyclic) bond motifs is 1. The van der Waals surface area contributed by atoms with Gasteiger partial charge in [-0.15, -0.1) is 0 Å². The van der Waals surface area contributed by atoms with Crippen molar-refractivity contribution >= 4 is 34.3 Å². The number of aryl methyl sites for hydroxylation is 2. The Balaban J connectivity index is 1.57. The number of nitrogens with zero attached hydrogens (tertiary/aromatic N) is 2. The lowest BCUT2D eigenvalue weighted by Gasteiger charge is -2.09. The Bertz CT molecular complexity index is 1190. The quantitative estimate of drug-likeness (QED) is 0.491. The Morgan fingerprint density at radius 1 is 1.21 bits per heavy atom. The molecular weight excluding hydrogens is 390 g/mol. The van der Waals surface area contributed by atoms with E-state index in [1.54, 1.807) is 24.1 Å². The first kappa shape index (κ1) is 19.1. The molecule has 148 valence electrons. The van der Waals surface area contributed by atoms with Gasteiger partial charge in [0, 0.05) is 22.0 Å². The third-order valence-corrected chi connectivity index (χ3v) is 5.28. The van der Waals surface area contributed by atoms with Crippen LogP contribution in [0.5, 0.6) is 5.75 Å². The number of nitrogens with one attached hydrogen (secondary N) is 1. The highest BCUT2D eigenvalue weighted by molar-refractivity contribution is 6.32. The molecule has 29 heavy (non-hydrogen) atoms. The normalized spacial score (nSPS) is 11.0. The van der Waals surface area contributed by atoms with Crippen LogP contribution in [0.3, 0.4) is 0 Å². The van der Waals surface area contributed by atoms with E-state index in [1.165, 1.54) is 0 Å². The number of anilines is 1. The van der Waals surface area contributed by atoms with Gasteiger partial charge >= 0.3 is 0 Å². The van der Waals surface area contributed by atoms with Crippen molar-refractivity contribution in [1.82, 2.24) is 9.78 Å². The first-order valence-corrected chi connectivity index (χ1v) is 9.49. The van der Waals surface area contributed by atoms with Crippen molar-refractivity contribution < 1.29 is 13.9 Å². The first-order chi connectivity index (χ1) is 14.0. The Morgan fingerprint density at radius 3 is 2.69 bits per heavy atom. The predicted molar refractivity (Wildman–Crippen MR) is 113 cm³/mol. The molecule has 0 radical (unpaired) electrons. The van der Waals surface area contributed by atoms with Crippen LogP contribution in [0.25, 0.3) is 11.0 Å². The standard InChI is InChI=1S/C22H20ClN3O3/c1-13-10-19-17(11-18(13)23)14(2)21(29-19)22(27)25-20-8-9-24-26(20)12-15-4-6-16(28-3)7-5-15/h4-11H,12H2,1-3H3,(H,25,27). The van der Waals surface area contributed by atoms with Gasteiger partial charge in [-0.25, -0.2) is 4.68 Å². The van der Waals surface area contributed by atoms with Crippen LogP contribution < -0.4 is 10.1 Å². The highest BCUT2D eigenvalue weighted by Gasteiger charge is 2.20. The van der Waals surface area contributed by atoms with Crippen molar-refractivity contribution in [3.05, 3.63) is 76.1 Å². The highest BCUT2D eigenvalue weighted by Crippen LogP contribution is 2.30. The van der Waals surface area contributed by atoms with E-state index in [2.05, 4.69) is 10.4 Å². The zero-order valence-electron chi connectivity index (χ0n) is 16.3. The number of benzene rings is 2. The molecule has 2 heterocycles. The highest BCUT2D eigenvalue weighted by atomic mass is 35.5. The first-order valence-electron chi connectivity index (χ1n) is 9.11. The summed E-state index contributed by atoms with van der Waals surface area (Å²) in [6.07, 6.45) is 1.65. The van der Waals surface area contributed by atoms with Gasteiger partial charge in [0.1, 0.15) is 17.2 Å². The average molecular weight is 410 g/mol. The maximum atomic E-state index is 12.9. The second-order valence-corrected chi connectivity index (χ2v) is 7.24. The van der Waals surface area contributed by atoms with Crippen molar-refractivity contribution in [3.63, 3.8) is 0 Å². The summed E-state index contributed by atoms with van der Waals surface area (Å²) in [6, 6.07) is 13.1. The number of amides is 1. The van der Waals surface area contributed by atoms with E-state index in [4.69, 9.17) is 20.8 Å². The van der Waals surface area contributed by atoms with Gasteiger partial charge in [0.2, 0.25) is 0 Å². The summed E-state index contributed by atoms with van der Waals surface area (Å²) >= 11 is 6.22. The summed E-state index contributed by atoms with van der Waals surface area (Å²) < 4.78 is 12.7. The number of carbonyl (C=O) groups excluding carboxylic acids is 1. The molecule has 7 heteroatoms. The molecule has 1 amide bonds. The molecule has 0 bridgehead atoms. The molecule has 6 nitrogen and oxygen atoms in total. The Morgan fingerprint density at radius 2 is 1.97 bits per heavy atom. The predicted octanol–water partition coefficient (Wildman–Crippen LogP) is 5.21. The topological polar surface area (TPSA) is 69.3 Å². The van der Waals surface area contributed by atoms with Crippen molar-refractivity contribution in [2.75, 3.05) is 12.4 Å². The molecule has 0 aliphatic rings. The number of hydrogen-bond acceptors (Lipinski definition) is 4. The van der Waals surface area contributed by atoms with Gasteiger partial charge < -0.3 is 14.5 Å². The second kappa shape index (κ2) is 7.64. The van der Waals surface area contributed by atoms with E-state index in [0.29, 0.717) is 23.0 Å². The van der Waals surface area contributed by atoms with Crippen LogP contribution in [-0.2, 0) is 6.54 Å². The van der Waals surface area contributed by atoms with Gasteiger partial charge in [-0.3, -0.25) is 4.79 Å². The average Bonchev–Trinajstić information content (AvgIpc) is 3.27. The summed E-state index contributed by atoms with van der Waals surface area (Å²) in [5, 5.41) is 8.68. The van der Waals surface area contributed by atoms with Gasteiger partial charge in [-0.05, 0) is 49.2 Å². The van der Waals surface area contributed by atoms with E-state index >= 15 is 0 Å². The summed E-state index contributed by atoms with van der Waals surface area (Å²) in [6.45, 7) is 4.26. The molecule has 1 N–H and O–H groups in total. The zero-order chi connectivity index (χ0) is 20.5. The molecule has 0 saturated carbocycles. The number of methoxy groups -OCH3 is 1. The van der Waals surface area contributed by atoms with Gasteiger partial charge in [-0.2, -0.15) is 5.10 Å². The number of carbonyl (C=O) groups is 1. The van der Waals surface area contributed by atoms with Crippen molar-refractivity contribution in [2.24, 2.45) is 0 Å². The van der Waals surface area contributed by atoms with Gasteiger partial charge in [-0.1, -0.05) is 23.7 Å². The minimum absolute atomic E-state index is 0.263. The number of rotatable bonds is 5. The minimum atomic E-state index is -0.330. The molecule has 0 aliphatic heterocycles. The smallest absolute Gasteiger partial charge is 0.292 e. The lowest BCUT2D eigenvalue weighted by molar-refractivity contribution is 0.0997. The molecular formula is C22H20ClN3O3. The van der Waals surface area contributed by atoms with E-state index in [0.717, 1.165) is 27.8 Å². The number of halogens is 1. The lowest BCUT2D eigenvalue weighted by Crippen LogP contribution is -2.16. The van der Waals surface area contributed by atoms with Crippen LogP contribution in [0, 0.1) is 13.8 Å². The van der Waals surface area contributed by atoms with Crippen LogP contribution >= 0.6 is 11.6 Å². The van der Waals surface area contributed by atoms with Gasteiger partial charge in [0.05, 0.1) is 19.9 Å². The van der Waals surface area contributed by atoms with Crippen LogP contribution in [0.2, 0.25) is 5.02 Å². The third kappa shape index (κ3) is 3.71. The fourth-order valence-electron chi connectivity index (χ4n) is 3.20. The Kier molecular flexibility index (Phi) is 5.03. The number of aromatic nitrogens is 2. The lowest BCUT2D eigenvalue weighted by atomic mass is 10.1. The molecule has 4 rings (SSSR count). The van der Waals surface area contributed by atoms with E-state index in [1.807, 2.05) is 50.2 Å². The largest absolute Gasteiger partial charge is 0.497 e. The molecule has 4 aromatic rings. The number of hydrogen-bond donors (Lipinski definition) is 1. The van der Waals surface area contributed by atoms with Crippen LogP contribution in [-0.4, -0.2) is 22.8 Å². The number of ether oxygens (including phenoxy) is 1. The maximum absolute atomic E-state index is 12.9.